The smallest absolute Gasteiger partial charge is 0.329 e. The predicted octanol–water partition coefficient (Wildman–Crippen LogP) is 0.827. The van der Waals surface area contributed by atoms with Crippen LogP contribution in [-0.4, -0.2) is 14.7 Å². The summed E-state index contributed by atoms with van der Waals surface area (Å²) in [6.45, 7) is 4.44. The Balaban J connectivity index is 3.06. The molecule has 5 heteroatoms. The Hall–Kier alpha value is -0.840. The normalized spacial score (nSPS) is 11.0. The zero-order valence-electron chi connectivity index (χ0n) is 7.03. The van der Waals surface area contributed by atoms with E-state index in [2.05, 4.69) is 17.6 Å². The monoisotopic (exact) mass is 188 g/mol. The lowest BCUT2D eigenvalue weighted by atomic mass is 10.2. The summed E-state index contributed by atoms with van der Waals surface area (Å²) in [4.78, 5) is 13.5. The van der Waals surface area contributed by atoms with E-state index in [1.54, 1.807) is 0 Å². The molecule has 0 spiro atoms. The Kier molecular flexibility index (Phi) is 2.52. The number of aromatic nitrogens is 2. The number of imidazole rings is 1. The maximum atomic E-state index is 11.1. The average molecular weight is 188 g/mol. The van der Waals surface area contributed by atoms with Crippen molar-refractivity contribution in [2.75, 3.05) is 0 Å². The molecule has 68 valence electrons. The Morgan fingerprint density at radius 3 is 2.58 bits per heavy atom. The molecule has 0 fully saturated rings. The van der Waals surface area contributed by atoms with Gasteiger partial charge in [0, 0.05) is 6.54 Å². The summed E-state index contributed by atoms with van der Waals surface area (Å²) >= 11 is 3.88. The molecule has 0 saturated heterocycles. The van der Waals surface area contributed by atoms with E-state index >= 15 is 0 Å². The van der Waals surface area contributed by atoms with E-state index in [0.717, 1.165) is 0 Å². The lowest BCUT2D eigenvalue weighted by Crippen LogP contribution is -2.19. The van der Waals surface area contributed by atoms with Crippen molar-refractivity contribution >= 4 is 12.6 Å². The fourth-order valence-electron chi connectivity index (χ4n) is 0.983. The molecule has 0 saturated carbocycles. The number of hydrogen-bond acceptors (Lipinski definition) is 3. The van der Waals surface area contributed by atoms with Crippen molar-refractivity contribution in [1.82, 2.24) is 9.55 Å². The van der Waals surface area contributed by atoms with Gasteiger partial charge in [-0.2, -0.15) is 0 Å². The number of aromatic amines is 1. The molecule has 0 aliphatic carbocycles. The Labute approximate surface area is 75.6 Å². The zero-order valence-corrected chi connectivity index (χ0v) is 7.93. The third-order valence-corrected chi connectivity index (χ3v) is 1.80. The summed E-state index contributed by atoms with van der Waals surface area (Å²) in [5, 5.41) is 9.55. The molecule has 0 aliphatic heterocycles. The quantitative estimate of drug-likeness (QED) is 0.602. The van der Waals surface area contributed by atoms with Gasteiger partial charge in [0.1, 0.15) is 5.03 Å². The van der Waals surface area contributed by atoms with Gasteiger partial charge in [0.15, 0.2) is 0 Å². The second-order valence-corrected chi connectivity index (χ2v) is 3.55. The summed E-state index contributed by atoms with van der Waals surface area (Å²) in [7, 11) is 0. The second-order valence-electron chi connectivity index (χ2n) is 3.11. The van der Waals surface area contributed by atoms with E-state index in [9.17, 15) is 9.90 Å². The predicted molar refractivity (Wildman–Crippen MR) is 48.8 cm³/mol. The van der Waals surface area contributed by atoms with Crippen LogP contribution in [0.3, 0.4) is 0 Å². The SMILES string of the molecule is CC(C)Cn1c(O)c(S)[nH]c1=O. The van der Waals surface area contributed by atoms with Crippen LogP contribution in [0.4, 0.5) is 0 Å². The summed E-state index contributed by atoms with van der Waals surface area (Å²) < 4.78 is 1.27. The number of rotatable bonds is 2. The van der Waals surface area contributed by atoms with Crippen molar-refractivity contribution in [2.45, 2.75) is 25.4 Å². The maximum absolute atomic E-state index is 11.1. The highest BCUT2D eigenvalue weighted by Gasteiger charge is 2.10. The molecule has 2 N–H and O–H groups in total. The standard InChI is InChI=1S/C7H12N2O2S/c1-4(2)3-9-6(10)5(12)8-7(9)11/h4,10,12H,3H2,1-2H3,(H,8,11). The van der Waals surface area contributed by atoms with Crippen LogP contribution < -0.4 is 5.69 Å². The van der Waals surface area contributed by atoms with Crippen molar-refractivity contribution < 1.29 is 5.11 Å². The molecule has 0 amide bonds. The molecule has 0 bridgehead atoms. The molecule has 0 aliphatic rings. The van der Waals surface area contributed by atoms with E-state index in [4.69, 9.17) is 0 Å². The van der Waals surface area contributed by atoms with Crippen molar-refractivity contribution in [3.05, 3.63) is 10.5 Å². The molecule has 1 heterocycles. The van der Waals surface area contributed by atoms with Crippen molar-refractivity contribution in [2.24, 2.45) is 5.92 Å². The summed E-state index contributed by atoms with van der Waals surface area (Å²) in [6.07, 6.45) is 0. The number of nitrogens with one attached hydrogen (secondary N) is 1. The molecule has 4 nitrogen and oxygen atoms in total. The number of thiol groups is 1. The molecular formula is C7H12N2O2S. The molecule has 12 heavy (non-hydrogen) atoms. The minimum Gasteiger partial charge on any atom is -0.492 e. The van der Waals surface area contributed by atoms with E-state index in [1.165, 1.54) is 4.57 Å². The van der Waals surface area contributed by atoms with Gasteiger partial charge in [0.05, 0.1) is 0 Å². The Morgan fingerprint density at radius 1 is 1.67 bits per heavy atom. The Morgan fingerprint density at radius 2 is 2.25 bits per heavy atom. The molecular weight excluding hydrogens is 176 g/mol. The molecule has 0 radical (unpaired) electrons. The largest absolute Gasteiger partial charge is 0.492 e. The van der Waals surface area contributed by atoms with Gasteiger partial charge in [-0.3, -0.25) is 9.55 Å². The van der Waals surface area contributed by atoms with Crippen molar-refractivity contribution in [3.8, 4) is 5.88 Å². The van der Waals surface area contributed by atoms with Crippen LogP contribution in [-0.2, 0) is 6.54 Å². The van der Waals surface area contributed by atoms with E-state index < -0.39 is 0 Å². The molecule has 1 rings (SSSR count). The van der Waals surface area contributed by atoms with E-state index in [0.29, 0.717) is 12.5 Å². The lowest BCUT2D eigenvalue weighted by Gasteiger charge is -2.04. The molecule has 0 unspecified atom stereocenters. The van der Waals surface area contributed by atoms with Gasteiger partial charge in [-0.1, -0.05) is 13.8 Å². The molecule has 0 atom stereocenters. The second kappa shape index (κ2) is 3.26. The summed E-state index contributed by atoms with van der Waals surface area (Å²) in [6, 6.07) is 0. The first-order valence-corrected chi connectivity index (χ1v) is 4.17. The number of H-pyrrole nitrogens is 1. The third kappa shape index (κ3) is 1.66. The summed E-state index contributed by atoms with van der Waals surface area (Å²) in [5.41, 5.74) is -0.314. The van der Waals surface area contributed by atoms with Crippen LogP contribution in [0.15, 0.2) is 9.82 Å². The average Bonchev–Trinajstić information content (AvgIpc) is 2.16. The lowest BCUT2D eigenvalue weighted by molar-refractivity contribution is 0.381. The number of aromatic hydroxyl groups is 1. The van der Waals surface area contributed by atoms with Crippen LogP contribution in [0.5, 0.6) is 5.88 Å². The van der Waals surface area contributed by atoms with Crippen LogP contribution >= 0.6 is 12.6 Å². The number of nitrogens with zero attached hydrogens (tertiary/aromatic N) is 1. The van der Waals surface area contributed by atoms with Gasteiger partial charge in [-0.25, -0.2) is 4.79 Å². The first-order chi connectivity index (χ1) is 5.52. The van der Waals surface area contributed by atoms with Crippen LogP contribution in [0.1, 0.15) is 13.8 Å². The molecule has 1 aromatic heterocycles. The minimum absolute atomic E-state index is 0.0861. The van der Waals surface area contributed by atoms with E-state index in [-0.39, 0.29) is 16.6 Å². The van der Waals surface area contributed by atoms with Gasteiger partial charge in [0.25, 0.3) is 0 Å². The van der Waals surface area contributed by atoms with Gasteiger partial charge >= 0.3 is 5.69 Å². The van der Waals surface area contributed by atoms with Gasteiger partial charge in [0.2, 0.25) is 5.88 Å². The molecule has 0 aromatic carbocycles. The highest BCUT2D eigenvalue weighted by molar-refractivity contribution is 7.80. The van der Waals surface area contributed by atoms with E-state index in [1.807, 2.05) is 13.8 Å². The van der Waals surface area contributed by atoms with Crippen LogP contribution in [0.2, 0.25) is 0 Å². The Bertz CT molecular complexity index is 327. The zero-order chi connectivity index (χ0) is 9.30. The fraction of sp³-hybridized carbons (Fsp3) is 0.571. The summed E-state index contributed by atoms with van der Waals surface area (Å²) in [5.74, 6) is 0.231. The van der Waals surface area contributed by atoms with Gasteiger partial charge in [-0.15, -0.1) is 12.6 Å². The van der Waals surface area contributed by atoms with Crippen LogP contribution in [0, 0.1) is 5.92 Å². The van der Waals surface area contributed by atoms with Crippen molar-refractivity contribution in [3.63, 3.8) is 0 Å². The minimum atomic E-state index is -0.314. The topological polar surface area (TPSA) is 58.0 Å². The first kappa shape index (κ1) is 9.25. The van der Waals surface area contributed by atoms with Gasteiger partial charge in [-0.05, 0) is 5.92 Å². The highest BCUT2D eigenvalue weighted by Crippen LogP contribution is 2.16. The van der Waals surface area contributed by atoms with Crippen LogP contribution in [0.25, 0.3) is 0 Å². The third-order valence-electron chi connectivity index (χ3n) is 1.49. The van der Waals surface area contributed by atoms with Crippen molar-refractivity contribution in [1.29, 1.82) is 0 Å². The fourth-order valence-corrected chi connectivity index (χ4v) is 1.20. The molecule has 1 aromatic rings. The van der Waals surface area contributed by atoms with Gasteiger partial charge < -0.3 is 5.11 Å². The first-order valence-electron chi connectivity index (χ1n) is 3.73. The maximum Gasteiger partial charge on any atom is 0.329 e. The number of hydrogen-bond donors (Lipinski definition) is 3. The highest BCUT2D eigenvalue weighted by atomic mass is 32.1.